The molecule has 0 radical (unpaired) electrons. The first-order valence-electron chi connectivity index (χ1n) is 18.3. The van der Waals surface area contributed by atoms with Crippen LogP contribution in [0.1, 0.15) is 88.8 Å². The Balaban J connectivity index is 1.20. The number of carbonyl (C=O) groups is 2. The Bertz CT molecular complexity index is 1530. The van der Waals surface area contributed by atoms with Gasteiger partial charge in [0.1, 0.15) is 18.5 Å². The molecule has 0 aliphatic carbocycles. The van der Waals surface area contributed by atoms with E-state index in [2.05, 4.69) is 26.0 Å². The number of benzene rings is 3. The first kappa shape index (κ1) is 38.5. The highest BCUT2D eigenvalue weighted by atomic mass is 16.7. The molecule has 0 saturated carbocycles. The Kier molecular flexibility index (Phi) is 13.7. The van der Waals surface area contributed by atoms with Crippen molar-refractivity contribution in [1.29, 1.82) is 0 Å². The summed E-state index contributed by atoms with van der Waals surface area (Å²) in [5.74, 6) is -1.84. The first-order chi connectivity index (χ1) is 24.5. The van der Waals surface area contributed by atoms with Crippen molar-refractivity contribution in [3.63, 3.8) is 0 Å². The second kappa shape index (κ2) is 18.1. The van der Waals surface area contributed by atoms with Crippen LogP contribution in [-0.4, -0.2) is 59.0 Å². The Labute approximate surface area is 302 Å². The number of rotatable bonds is 17. The fourth-order valence-corrected chi connectivity index (χ4v) is 7.17. The molecule has 0 unspecified atom stereocenters. The van der Waals surface area contributed by atoms with Crippen molar-refractivity contribution < 1.29 is 43.5 Å². The number of ether oxygens (including phenoxy) is 5. The molecule has 2 heterocycles. The highest BCUT2D eigenvalue weighted by Gasteiger charge is 2.58. The molecular weight excluding hydrogens is 648 g/mol. The molecule has 1 spiro atoms. The van der Waals surface area contributed by atoms with E-state index in [1.165, 1.54) is 5.56 Å². The van der Waals surface area contributed by atoms with Crippen LogP contribution in [0, 0.1) is 11.3 Å². The minimum atomic E-state index is -1.12. The van der Waals surface area contributed by atoms with Gasteiger partial charge in [0, 0.05) is 17.8 Å². The minimum absolute atomic E-state index is 0.00889. The summed E-state index contributed by atoms with van der Waals surface area (Å²) >= 11 is 0. The highest BCUT2D eigenvalue weighted by molar-refractivity contribution is 5.70. The molecule has 3 aromatic rings. The summed E-state index contributed by atoms with van der Waals surface area (Å²) in [6.45, 7) is 7.06. The van der Waals surface area contributed by atoms with Crippen LogP contribution < -0.4 is 4.74 Å². The summed E-state index contributed by atoms with van der Waals surface area (Å²) in [6, 6.07) is 28.0. The molecule has 5 rings (SSSR count). The number of aliphatic carboxylic acids is 1. The number of aliphatic hydroxyl groups is 1. The lowest BCUT2D eigenvalue weighted by molar-refractivity contribution is -0.381. The van der Waals surface area contributed by atoms with E-state index in [9.17, 15) is 19.8 Å². The molecule has 0 amide bonds. The van der Waals surface area contributed by atoms with Crippen molar-refractivity contribution in [2.24, 2.45) is 11.3 Å². The normalized spacial score (nSPS) is 24.9. The quantitative estimate of drug-likeness (QED) is 0.108. The third-order valence-electron chi connectivity index (χ3n) is 10.3. The van der Waals surface area contributed by atoms with E-state index in [0.717, 1.165) is 42.6 Å². The van der Waals surface area contributed by atoms with E-state index in [1.54, 1.807) is 0 Å². The van der Waals surface area contributed by atoms with Gasteiger partial charge >= 0.3 is 11.9 Å². The summed E-state index contributed by atoms with van der Waals surface area (Å²) in [7, 11) is 0. The van der Waals surface area contributed by atoms with Gasteiger partial charge in [-0.15, -0.1) is 0 Å². The third kappa shape index (κ3) is 11.1. The average molecular weight is 703 g/mol. The Morgan fingerprint density at radius 1 is 0.902 bits per heavy atom. The second-order valence-electron chi connectivity index (χ2n) is 14.8. The van der Waals surface area contributed by atoms with Gasteiger partial charge in [0.25, 0.3) is 0 Å². The van der Waals surface area contributed by atoms with Crippen LogP contribution in [0.25, 0.3) is 0 Å². The monoisotopic (exact) mass is 702 g/mol. The van der Waals surface area contributed by atoms with E-state index < -0.39 is 41.5 Å². The van der Waals surface area contributed by atoms with Gasteiger partial charge in [-0.3, -0.25) is 9.59 Å². The maximum atomic E-state index is 13.2. The Morgan fingerprint density at radius 3 is 2.29 bits per heavy atom. The molecule has 3 aromatic carbocycles. The lowest BCUT2D eigenvalue weighted by Gasteiger charge is -2.57. The summed E-state index contributed by atoms with van der Waals surface area (Å²) in [5.41, 5.74) is 2.85. The number of aliphatic hydroxyl groups excluding tert-OH is 1. The number of aryl methyl sites for hydroxylation is 1. The minimum Gasteiger partial charge on any atom is -0.489 e. The number of hydrogen-bond donors (Lipinski definition) is 2. The SMILES string of the molecule is C[C@H]1[C@@H](OC(=O)C[C@@H](O)COCc2ccccc2)C[C@@]2(O[C@@H](CC(=O)O)CCC2(C)C)O[C@@H]1CCCCc1cccc(OCc2ccccc2)c1. The largest absolute Gasteiger partial charge is 0.489 e. The van der Waals surface area contributed by atoms with Crippen molar-refractivity contribution in [2.75, 3.05) is 6.61 Å². The van der Waals surface area contributed by atoms with Crippen LogP contribution in [0.3, 0.4) is 0 Å². The second-order valence-corrected chi connectivity index (χ2v) is 14.8. The molecule has 9 nitrogen and oxygen atoms in total. The zero-order valence-electron chi connectivity index (χ0n) is 30.2. The van der Waals surface area contributed by atoms with E-state index in [4.69, 9.17) is 23.7 Å². The van der Waals surface area contributed by atoms with Gasteiger partial charge in [-0.2, -0.15) is 0 Å². The van der Waals surface area contributed by atoms with Gasteiger partial charge in [-0.25, -0.2) is 0 Å². The van der Waals surface area contributed by atoms with E-state index >= 15 is 0 Å². The standard InChI is InChI=1S/C42H54O9/c1-30-37(20-11-10-13-31-18-12-19-35(23-31)48-28-33-16-8-5-9-17-33)51-42(41(2,3)22-21-36(50-42)25-39(44)45)26-38(30)49-40(46)24-34(43)29-47-27-32-14-6-4-7-15-32/h4-9,12,14-19,23,30,34,36-38,43H,10-11,13,20-22,24-29H2,1-3H3,(H,44,45)/t30-,34-,36-,37-,38+,42-/m1/s1. The fourth-order valence-electron chi connectivity index (χ4n) is 7.17. The van der Waals surface area contributed by atoms with Crippen LogP contribution in [0.2, 0.25) is 0 Å². The molecule has 0 aromatic heterocycles. The molecule has 2 fully saturated rings. The number of unbranched alkanes of at least 4 members (excludes halogenated alkanes) is 1. The molecule has 276 valence electrons. The summed E-state index contributed by atoms with van der Waals surface area (Å²) in [5, 5.41) is 20.1. The molecule has 2 saturated heterocycles. The molecular formula is C42H54O9. The van der Waals surface area contributed by atoms with E-state index in [1.807, 2.05) is 79.7 Å². The topological polar surface area (TPSA) is 121 Å². The molecule has 51 heavy (non-hydrogen) atoms. The molecule has 2 aliphatic heterocycles. The zero-order valence-corrected chi connectivity index (χ0v) is 30.2. The summed E-state index contributed by atoms with van der Waals surface area (Å²) < 4.78 is 31.2. The number of esters is 1. The van der Waals surface area contributed by atoms with E-state index in [0.29, 0.717) is 26.1 Å². The van der Waals surface area contributed by atoms with E-state index in [-0.39, 0.29) is 37.9 Å². The van der Waals surface area contributed by atoms with Crippen molar-refractivity contribution in [1.82, 2.24) is 0 Å². The van der Waals surface area contributed by atoms with Crippen molar-refractivity contribution >= 4 is 11.9 Å². The van der Waals surface area contributed by atoms with Crippen LogP contribution in [0.5, 0.6) is 5.75 Å². The fraction of sp³-hybridized carbons (Fsp3) is 0.524. The van der Waals surface area contributed by atoms with Crippen LogP contribution >= 0.6 is 0 Å². The Morgan fingerprint density at radius 2 is 1.59 bits per heavy atom. The van der Waals surface area contributed by atoms with Crippen LogP contribution in [0.15, 0.2) is 84.9 Å². The highest BCUT2D eigenvalue weighted by Crippen LogP contribution is 2.53. The zero-order chi connectivity index (χ0) is 36.3. The average Bonchev–Trinajstić information content (AvgIpc) is 3.10. The molecule has 6 atom stereocenters. The maximum Gasteiger partial charge on any atom is 0.308 e. The van der Waals surface area contributed by atoms with Crippen molar-refractivity contribution in [3.8, 4) is 5.75 Å². The number of hydrogen-bond acceptors (Lipinski definition) is 8. The predicted molar refractivity (Wildman–Crippen MR) is 193 cm³/mol. The lowest BCUT2D eigenvalue weighted by atomic mass is 9.70. The third-order valence-corrected chi connectivity index (χ3v) is 10.3. The lowest BCUT2D eigenvalue weighted by Crippen LogP contribution is -2.63. The van der Waals surface area contributed by atoms with Gasteiger partial charge < -0.3 is 33.9 Å². The predicted octanol–water partition coefficient (Wildman–Crippen LogP) is 7.66. The van der Waals surface area contributed by atoms with Gasteiger partial charge in [-0.1, -0.05) is 100.0 Å². The smallest absolute Gasteiger partial charge is 0.308 e. The number of carbonyl (C=O) groups excluding carboxylic acids is 1. The van der Waals surface area contributed by atoms with Gasteiger partial charge in [0.15, 0.2) is 5.79 Å². The van der Waals surface area contributed by atoms with Crippen LogP contribution in [-0.2, 0) is 48.2 Å². The summed E-state index contributed by atoms with van der Waals surface area (Å²) in [4.78, 5) is 24.9. The summed E-state index contributed by atoms with van der Waals surface area (Å²) in [6.07, 6.45) is 2.37. The molecule has 2 aliphatic rings. The first-order valence-corrected chi connectivity index (χ1v) is 18.3. The number of carboxylic acids is 1. The molecule has 2 N–H and O–H groups in total. The van der Waals surface area contributed by atoms with Crippen molar-refractivity contribution in [2.45, 2.75) is 122 Å². The maximum absolute atomic E-state index is 13.2. The van der Waals surface area contributed by atoms with Gasteiger partial charge in [0.05, 0.1) is 44.4 Å². The molecule has 0 bridgehead atoms. The molecule has 9 heteroatoms. The van der Waals surface area contributed by atoms with Crippen LogP contribution in [0.4, 0.5) is 0 Å². The number of carboxylic acid groups (broad SMARTS) is 1. The van der Waals surface area contributed by atoms with Crippen molar-refractivity contribution in [3.05, 3.63) is 102 Å². The van der Waals surface area contributed by atoms with Gasteiger partial charge in [0.2, 0.25) is 0 Å². The Hall–Kier alpha value is -3.76. The van der Waals surface area contributed by atoms with Gasteiger partial charge in [-0.05, 0) is 60.9 Å².